The van der Waals surface area contributed by atoms with Crippen molar-refractivity contribution < 1.29 is 14.5 Å². The van der Waals surface area contributed by atoms with Gasteiger partial charge in [0.25, 0.3) is 17.5 Å². The number of imide groups is 1. The topological polar surface area (TPSA) is 80.5 Å². The summed E-state index contributed by atoms with van der Waals surface area (Å²) in [4.78, 5) is 36.6. The molecule has 1 aromatic rings. The zero-order valence-corrected chi connectivity index (χ0v) is 13.3. The molecule has 0 saturated heterocycles. The molecule has 1 aliphatic heterocycles. The summed E-state index contributed by atoms with van der Waals surface area (Å²) in [5.41, 5.74) is 0.815. The Hall–Kier alpha value is -2.15. The first-order valence-electron chi connectivity index (χ1n) is 6.88. The molecule has 0 fully saturated rings. The molecule has 0 saturated carbocycles. The molecule has 22 heavy (non-hydrogen) atoms. The molecule has 2 amide bonds. The van der Waals surface area contributed by atoms with Gasteiger partial charge in [-0.2, -0.15) is 0 Å². The number of nitro groups is 1. The van der Waals surface area contributed by atoms with Gasteiger partial charge in [-0.15, -0.1) is 11.8 Å². The van der Waals surface area contributed by atoms with E-state index in [-0.39, 0.29) is 22.8 Å². The largest absolute Gasteiger partial charge is 0.274 e. The fraction of sp³-hybridized carbons (Fsp3) is 0.333. The second-order valence-electron chi connectivity index (χ2n) is 5.03. The number of hydrogen-bond acceptors (Lipinski definition) is 5. The highest BCUT2D eigenvalue weighted by Crippen LogP contribution is 2.38. The molecule has 116 valence electrons. The van der Waals surface area contributed by atoms with E-state index in [1.54, 1.807) is 6.92 Å². The minimum absolute atomic E-state index is 0.0495. The number of amides is 2. The summed E-state index contributed by atoms with van der Waals surface area (Å²) in [5, 5.41) is 10.9. The fourth-order valence-corrected chi connectivity index (χ4v) is 3.20. The molecule has 1 aromatic carbocycles. The van der Waals surface area contributed by atoms with Crippen LogP contribution in [0.4, 0.5) is 5.69 Å². The molecule has 0 spiro atoms. The predicted octanol–water partition coefficient (Wildman–Crippen LogP) is 2.84. The lowest BCUT2D eigenvalue weighted by Crippen LogP contribution is -2.31. The third kappa shape index (κ3) is 2.89. The van der Waals surface area contributed by atoms with Gasteiger partial charge in [-0.1, -0.05) is 13.8 Å². The first-order valence-corrected chi connectivity index (χ1v) is 7.76. The van der Waals surface area contributed by atoms with Crippen molar-refractivity contribution in [3.05, 3.63) is 44.8 Å². The molecule has 0 bridgehead atoms. The van der Waals surface area contributed by atoms with E-state index in [9.17, 15) is 19.7 Å². The number of benzene rings is 1. The van der Waals surface area contributed by atoms with Crippen molar-refractivity contribution in [2.45, 2.75) is 26.0 Å². The average Bonchev–Trinajstić information content (AvgIpc) is 2.69. The van der Waals surface area contributed by atoms with E-state index in [1.807, 2.05) is 13.8 Å². The Bertz CT molecular complexity index is 665. The van der Waals surface area contributed by atoms with Gasteiger partial charge < -0.3 is 0 Å². The van der Waals surface area contributed by atoms with Crippen LogP contribution in [0.25, 0.3) is 5.57 Å². The van der Waals surface area contributed by atoms with Crippen molar-refractivity contribution in [1.29, 1.82) is 0 Å². The van der Waals surface area contributed by atoms with Crippen LogP contribution in [0.1, 0.15) is 26.3 Å². The van der Waals surface area contributed by atoms with Crippen molar-refractivity contribution in [2.75, 3.05) is 6.54 Å². The smallest absolute Gasteiger partial charge is 0.269 e. The molecular weight excluding hydrogens is 304 g/mol. The molecule has 0 radical (unpaired) electrons. The van der Waals surface area contributed by atoms with Crippen LogP contribution in [0.5, 0.6) is 0 Å². The van der Waals surface area contributed by atoms with Gasteiger partial charge in [-0.25, -0.2) is 0 Å². The maximum absolute atomic E-state index is 12.5. The van der Waals surface area contributed by atoms with Gasteiger partial charge in [0.2, 0.25) is 0 Å². The van der Waals surface area contributed by atoms with Crippen LogP contribution in [-0.4, -0.2) is 33.4 Å². The van der Waals surface area contributed by atoms with E-state index < -0.39 is 4.92 Å². The van der Waals surface area contributed by atoms with Gasteiger partial charge >= 0.3 is 0 Å². The Balaban J connectivity index is 2.50. The number of hydrogen-bond donors (Lipinski definition) is 0. The number of thioether (sulfide) groups is 1. The molecule has 0 atom stereocenters. The van der Waals surface area contributed by atoms with Crippen molar-refractivity contribution in [1.82, 2.24) is 4.90 Å². The Kier molecular flexibility index (Phi) is 4.65. The first kappa shape index (κ1) is 16.2. The lowest BCUT2D eigenvalue weighted by Gasteiger charge is -2.11. The molecule has 1 heterocycles. The number of non-ortho nitro benzene ring substituents is 1. The molecule has 0 unspecified atom stereocenters. The molecule has 0 N–H and O–H groups in total. The Morgan fingerprint density at radius 2 is 1.77 bits per heavy atom. The third-order valence-electron chi connectivity index (χ3n) is 3.16. The van der Waals surface area contributed by atoms with Gasteiger partial charge in [-0.3, -0.25) is 24.6 Å². The Labute approximate surface area is 132 Å². The monoisotopic (exact) mass is 320 g/mol. The average molecular weight is 320 g/mol. The predicted molar refractivity (Wildman–Crippen MR) is 85.1 cm³/mol. The molecule has 0 aromatic heterocycles. The molecule has 6 nitrogen and oxygen atoms in total. The highest BCUT2D eigenvalue weighted by atomic mass is 32.2. The number of rotatable bonds is 5. The van der Waals surface area contributed by atoms with E-state index in [2.05, 4.69) is 0 Å². The maximum Gasteiger partial charge on any atom is 0.269 e. The molecule has 1 aliphatic rings. The van der Waals surface area contributed by atoms with Gasteiger partial charge in [0.15, 0.2) is 0 Å². The SMILES string of the molecule is CCN1C(=O)C(SC(C)C)=C(c2ccc([N+](=O)[O-])cc2)C1=O. The van der Waals surface area contributed by atoms with Gasteiger partial charge in [0, 0.05) is 23.9 Å². The Morgan fingerprint density at radius 3 is 2.23 bits per heavy atom. The summed E-state index contributed by atoms with van der Waals surface area (Å²) >= 11 is 1.34. The standard InChI is InChI=1S/C15H16N2O4S/c1-4-16-14(18)12(13(15(16)19)22-9(2)3)10-5-7-11(8-6-10)17(20)21/h5-9H,4H2,1-3H3. The number of carbonyl (C=O) groups excluding carboxylic acids is 2. The van der Waals surface area contributed by atoms with Crippen LogP contribution in [0, 0.1) is 10.1 Å². The lowest BCUT2D eigenvalue weighted by molar-refractivity contribution is -0.384. The normalized spacial score (nSPS) is 15.2. The zero-order chi connectivity index (χ0) is 16.4. The number of nitro benzene ring substituents is 1. The van der Waals surface area contributed by atoms with Gasteiger partial charge in [0.1, 0.15) is 0 Å². The van der Waals surface area contributed by atoms with Crippen molar-refractivity contribution in [3.8, 4) is 0 Å². The van der Waals surface area contributed by atoms with Gasteiger partial charge in [0.05, 0.1) is 15.4 Å². The first-order chi connectivity index (χ1) is 10.4. The summed E-state index contributed by atoms with van der Waals surface area (Å²) in [6, 6.07) is 5.70. The minimum atomic E-state index is -0.498. The number of carbonyl (C=O) groups is 2. The second kappa shape index (κ2) is 6.31. The van der Waals surface area contributed by atoms with Crippen LogP contribution in [-0.2, 0) is 9.59 Å². The summed E-state index contributed by atoms with van der Waals surface area (Å²) in [5.74, 6) is -0.635. The number of likely N-dealkylation sites (N-methyl/N-ethyl adjacent to an activating group) is 1. The van der Waals surface area contributed by atoms with Crippen LogP contribution in [0.2, 0.25) is 0 Å². The fourth-order valence-electron chi connectivity index (χ4n) is 2.19. The summed E-state index contributed by atoms with van der Waals surface area (Å²) in [6.07, 6.45) is 0. The van der Waals surface area contributed by atoms with E-state index >= 15 is 0 Å². The Morgan fingerprint density at radius 1 is 1.18 bits per heavy atom. The van der Waals surface area contributed by atoms with Crippen LogP contribution in [0.15, 0.2) is 29.2 Å². The van der Waals surface area contributed by atoms with Gasteiger partial charge in [-0.05, 0) is 24.6 Å². The zero-order valence-electron chi connectivity index (χ0n) is 12.5. The van der Waals surface area contributed by atoms with Crippen molar-refractivity contribution in [3.63, 3.8) is 0 Å². The number of nitrogens with zero attached hydrogens (tertiary/aromatic N) is 2. The quantitative estimate of drug-likeness (QED) is 0.473. The van der Waals surface area contributed by atoms with E-state index in [0.717, 1.165) is 0 Å². The minimum Gasteiger partial charge on any atom is -0.274 e. The van der Waals surface area contributed by atoms with Crippen LogP contribution < -0.4 is 0 Å². The van der Waals surface area contributed by atoms with Crippen molar-refractivity contribution >= 4 is 34.8 Å². The maximum atomic E-state index is 12.5. The van der Waals surface area contributed by atoms with E-state index in [0.29, 0.717) is 22.6 Å². The van der Waals surface area contributed by atoms with Crippen molar-refractivity contribution in [2.24, 2.45) is 0 Å². The highest BCUT2D eigenvalue weighted by molar-refractivity contribution is 8.04. The molecule has 0 aliphatic carbocycles. The molecule has 7 heteroatoms. The summed E-state index contributed by atoms with van der Waals surface area (Å²) < 4.78 is 0. The van der Waals surface area contributed by atoms with E-state index in [1.165, 1.54) is 40.9 Å². The summed E-state index contributed by atoms with van der Waals surface area (Å²) in [6.45, 7) is 5.93. The lowest BCUT2D eigenvalue weighted by atomic mass is 10.1. The highest BCUT2D eigenvalue weighted by Gasteiger charge is 2.38. The third-order valence-corrected chi connectivity index (χ3v) is 4.25. The summed E-state index contributed by atoms with van der Waals surface area (Å²) in [7, 11) is 0. The van der Waals surface area contributed by atoms with Crippen LogP contribution >= 0.6 is 11.8 Å². The second-order valence-corrected chi connectivity index (χ2v) is 6.62. The molecule has 2 rings (SSSR count). The van der Waals surface area contributed by atoms with Crippen LogP contribution in [0.3, 0.4) is 0 Å². The van der Waals surface area contributed by atoms with E-state index in [4.69, 9.17) is 0 Å². The molecular formula is C15H16N2O4S.